The Labute approximate surface area is 127 Å². The highest BCUT2D eigenvalue weighted by atomic mass is 32.2. The third kappa shape index (κ3) is 2.44. The zero-order chi connectivity index (χ0) is 15.2. The SMILES string of the molecule is CSCC(C)N1C(=O)C2(CC2)NC1c1ccc(F)cc1F. The van der Waals surface area contributed by atoms with E-state index in [1.54, 1.807) is 16.7 Å². The van der Waals surface area contributed by atoms with Crippen molar-refractivity contribution in [2.75, 3.05) is 12.0 Å². The van der Waals surface area contributed by atoms with Gasteiger partial charge in [-0.15, -0.1) is 0 Å². The first-order valence-corrected chi connectivity index (χ1v) is 8.42. The van der Waals surface area contributed by atoms with Crippen molar-refractivity contribution in [3.05, 3.63) is 35.4 Å². The van der Waals surface area contributed by atoms with Crippen LogP contribution in [0.5, 0.6) is 0 Å². The van der Waals surface area contributed by atoms with E-state index in [2.05, 4.69) is 5.32 Å². The summed E-state index contributed by atoms with van der Waals surface area (Å²) in [6.07, 6.45) is 3.04. The Hall–Kier alpha value is -1.14. The summed E-state index contributed by atoms with van der Waals surface area (Å²) < 4.78 is 27.2. The maximum atomic E-state index is 14.1. The predicted molar refractivity (Wildman–Crippen MR) is 78.9 cm³/mol. The van der Waals surface area contributed by atoms with Crippen LogP contribution in [0.2, 0.25) is 0 Å². The molecule has 0 aromatic heterocycles. The van der Waals surface area contributed by atoms with Crippen molar-refractivity contribution in [3.63, 3.8) is 0 Å². The zero-order valence-electron chi connectivity index (χ0n) is 12.0. The lowest BCUT2D eigenvalue weighted by Gasteiger charge is -2.30. The van der Waals surface area contributed by atoms with Gasteiger partial charge in [-0.3, -0.25) is 10.1 Å². The number of nitrogens with one attached hydrogen (secondary N) is 1. The van der Waals surface area contributed by atoms with Crippen molar-refractivity contribution < 1.29 is 13.6 Å². The molecule has 2 aliphatic rings. The Morgan fingerprint density at radius 2 is 2.19 bits per heavy atom. The quantitative estimate of drug-likeness (QED) is 0.928. The topological polar surface area (TPSA) is 32.3 Å². The van der Waals surface area contributed by atoms with Gasteiger partial charge in [0.15, 0.2) is 0 Å². The third-order valence-electron chi connectivity index (χ3n) is 4.22. The first kappa shape index (κ1) is 14.8. The fourth-order valence-corrected chi connectivity index (χ4v) is 3.61. The third-order valence-corrected chi connectivity index (χ3v) is 5.04. The molecule has 1 aromatic rings. The summed E-state index contributed by atoms with van der Waals surface area (Å²) in [7, 11) is 0. The van der Waals surface area contributed by atoms with Crippen molar-refractivity contribution in [2.45, 2.75) is 37.5 Å². The van der Waals surface area contributed by atoms with Crippen LogP contribution in [0.25, 0.3) is 0 Å². The van der Waals surface area contributed by atoms with Crippen LogP contribution in [0.4, 0.5) is 8.78 Å². The minimum atomic E-state index is -0.612. The van der Waals surface area contributed by atoms with E-state index in [-0.39, 0.29) is 11.9 Å². The van der Waals surface area contributed by atoms with Crippen LogP contribution in [0.1, 0.15) is 31.5 Å². The van der Waals surface area contributed by atoms with Gasteiger partial charge in [-0.2, -0.15) is 11.8 Å². The highest BCUT2D eigenvalue weighted by Gasteiger charge is 2.60. The average Bonchev–Trinajstić information content (AvgIpc) is 3.13. The highest BCUT2D eigenvalue weighted by molar-refractivity contribution is 7.98. The van der Waals surface area contributed by atoms with Crippen LogP contribution >= 0.6 is 11.8 Å². The molecule has 6 heteroatoms. The first-order chi connectivity index (χ1) is 9.98. The number of nitrogens with zero attached hydrogens (tertiary/aromatic N) is 1. The van der Waals surface area contributed by atoms with Crippen LogP contribution in [-0.2, 0) is 4.79 Å². The number of carbonyl (C=O) groups excluding carboxylic acids is 1. The van der Waals surface area contributed by atoms with Crippen molar-refractivity contribution in [1.82, 2.24) is 10.2 Å². The van der Waals surface area contributed by atoms with E-state index in [0.29, 0.717) is 5.56 Å². The molecule has 1 aliphatic carbocycles. The van der Waals surface area contributed by atoms with Crippen molar-refractivity contribution in [2.24, 2.45) is 0 Å². The number of rotatable bonds is 4. The fourth-order valence-electron chi connectivity index (χ4n) is 2.97. The lowest BCUT2D eigenvalue weighted by Crippen LogP contribution is -2.40. The Kier molecular flexibility index (Phi) is 3.69. The van der Waals surface area contributed by atoms with Gasteiger partial charge in [0.25, 0.3) is 0 Å². The molecule has 1 amide bonds. The summed E-state index contributed by atoms with van der Waals surface area (Å²) in [5, 5.41) is 3.26. The molecule has 1 saturated carbocycles. The largest absolute Gasteiger partial charge is 0.318 e. The maximum absolute atomic E-state index is 14.1. The Balaban J connectivity index is 1.96. The second-order valence-electron chi connectivity index (χ2n) is 5.81. The molecule has 1 saturated heterocycles. The molecule has 1 N–H and O–H groups in total. The highest BCUT2D eigenvalue weighted by Crippen LogP contribution is 2.47. The molecule has 1 heterocycles. The smallest absolute Gasteiger partial charge is 0.244 e. The number of hydrogen-bond acceptors (Lipinski definition) is 3. The Morgan fingerprint density at radius 3 is 2.76 bits per heavy atom. The maximum Gasteiger partial charge on any atom is 0.244 e. The van der Waals surface area contributed by atoms with Gasteiger partial charge in [0, 0.05) is 23.4 Å². The summed E-state index contributed by atoms with van der Waals surface area (Å²) in [6.45, 7) is 1.96. The molecule has 114 valence electrons. The van der Waals surface area contributed by atoms with Gasteiger partial charge >= 0.3 is 0 Å². The summed E-state index contributed by atoms with van der Waals surface area (Å²) in [5.74, 6) is -0.398. The standard InChI is InChI=1S/C15H18F2N2OS/c1-9(8-21-2)19-13(18-15(5-6-15)14(19)20)11-4-3-10(16)7-12(11)17/h3-4,7,9,13,18H,5-6,8H2,1-2H3. The summed E-state index contributed by atoms with van der Waals surface area (Å²) in [4.78, 5) is 14.3. The summed E-state index contributed by atoms with van der Waals surface area (Å²) >= 11 is 1.65. The molecular formula is C15H18F2N2OS. The van der Waals surface area contributed by atoms with Crippen LogP contribution in [0, 0.1) is 11.6 Å². The van der Waals surface area contributed by atoms with Crippen LogP contribution < -0.4 is 5.32 Å². The van der Waals surface area contributed by atoms with Crippen LogP contribution in [0.3, 0.4) is 0 Å². The molecule has 0 bridgehead atoms. The number of halogens is 2. The van der Waals surface area contributed by atoms with Crippen molar-refractivity contribution >= 4 is 17.7 Å². The molecule has 21 heavy (non-hydrogen) atoms. The van der Waals surface area contributed by atoms with E-state index in [0.717, 1.165) is 24.7 Å². The van der Waals surface area contributed by atoms with E-state index >= 15 is 0 Å². The number of benzene rings is 1. The number of amides is 1. The molecule has 3 nitrogen and oxygen atoms in total. The van der Waals surface area contributed by atoms with Gasteiger partial charge in [-0.1, -0.05) is 0 Å². The van der Waals surface area contributed by atoms with Gasteiger partial charge in [0.05, 0.1) is 0 Å². The number of thioether (sulfide) groups is 1. The van der Waals surface area contributed by atoms with Gasteiger partial charge < -0.3 is 4.90 Å². The Morgan fingerprint density at radius 1 is 1.48 bits per heavy atom. The van der Waals surface area contributed by atoms with Gasteiger partial charge in [0.1, 0.15) is 23.3 Å². The van der Waals surface area contributed by atoms with Crippen molar-refractivity contribution in [1.29, 1.82) is 0 Å². The van der Waals surface area contributed by atoms with Gasteiger partial charge in [-0.05, 0) is 38.2 Å². The molecule has 2 fully saturated rings. The van der Waals surface area contributed by atoms with Crippen LogP contribution in [-0.4, -0.2) is 34.4 Å². The molecular weight excluding hydrogens is 294 g/mol. The molecule has 1 aromatic carbocycles. The van der Waals surface area contributed by atoms with E-state index in [9.17, 15) is 13.6 Å². The molecule has 2 unspecified atom stereocenters. The second kappa shape index (κ2) is 5.25. The minimum Gasteiger partial charge on any atom is -0.318 e. The minimum absolute atomic E-state index is 0.00516. The Bertz CT molecular complexity index is 577. The van der Waals surface area contributed by atoms with Gasteiger partial charge in [-0.25, -0.2) is 8.78 Å². The van der Waals surface area contributed by atoms with Crippen molar-refractivity contribution in [3.8, 4) is 0 Å². The average molecular weight is 312 g/mol. The number of hydrogen-bond donors (Lipinski definition) is 1. The number of carbonyl (C=O) groups is 1. The van der Waals surface area contributed by atoms with E-state index in [4.69, 9.17) is 0 Å². The fraction of sp³-hybridized carbons (Fsp3) is 0.533. The first-order valence-electron chi connectivity index (χ1n) is 7.03. The van der Waals surface area contributed by atoms with E-state index in [1.165, 1.54) is 12.1 Å². The zero-order valence-corrected chi connectivity index (χ0v) is 12.8. The molecule has 3 rings (SSSR count). The van der Waals surface area contributed by atoms with Gasteiger partial charge in [0.2, 0.25) is 5.91 Å². The summed E-state index contributed by atoms with van der Waals surface area (Å²) in [6, 6.07) is 3.53. The lowest BCUT2D eigenvalue weighted by molar-refractivity contribution is -0.132. The van der Waals surface area contributed by atoms with E-state index in [1.807, 2.05) is 13.2 Å². The second-order valence-corrected chi connectivity index (χ2v) is 6.72. The lowest BCUT2D eigenvalue weighted by atomic mass is 10.1. The summed E-state index contributed by atoms with van der Waals surface area (Å²) in [5.41, 5.74) is -0.181. The molecule has 0 radical (unpaired) electrons. The van der Waals surface area contributed by atoms with Crippen LogP contribution in [0.15, 0.2) is 18.2 Å². The van der Waals surface area contributed by atoms with E-state index < -0.39 is 23.3 Å². The molecule has 1 spiro atoms. The predicted octanol–water partition coefficient (Wildman–Crippen LogP) is 2.68. The molecule has 1 aliphatic heterocycles. The molecule has 2 atom stereocenters. The monoisotopic (exact) mass is 312 g/mol. The normalized spacial score (nSPS) is 24.7.